The smallest absolute Gasteiger partial charge is 0.354 e. The van der Waals surface area contributed by atoms with Gasteiger partial charge >= 0.3 is 5.97 Å². The molecule has 138 valence electrons. The van der Waals surface area contributed by atoms with Crippen LogP contribution in [0.4, 0.5) is 4.39 Å². The van der Waals surface area contributed by atoms with E-state index in [9.17, 15) is 14.3 Å². The van der Waals surface area contributed by atoms with E-state index >= 15 is 0 Å². The Morgan fingerprint density at radius 3 is 2.18 bits per heavy atom. The fourth-order valence-corrected chi connectivity index (χ4v) is 2.77. The number of nitrogens with zero attached hydrogens (tertiary/aromatic N) is 2. The minimum Gasteiger partial charge on any atom is -0.477 e. The van der Waals surface area contributed by atoms with E-state index in [2.05, 4.69) is 5.10 Å². The molecule has 0 saturated heterocycles. The molecule has 1 N–H and O–H groups in total. The summed E-state index contributed by atoms with van der Waals surface area (Å²) in [6.07, 6.45) is 0. The summed E-state index contributed by atoms with van der Waals surface area (Å²) < 4.78 is 20.2. The molecule has 5 nitrogen and oxygen atoms in total. The minimum atomic E-state index is -1.12. The maximum atomic E-state index is 13.2. The zero-order valence-electron chi connectivity index (χ0n) is 14.6. The van der Waals surface area contributed by atoms with Crippen molar-refractivity contribution in [1.82, 2.24) is 9.78 Å². The van der Waals surface area contributed by atoms with E-state index in [0.717, 1.165) is 11.3 Å². The Balaban J connectivity index is 1.64. The lowest BCUT2D eigenvalue weighted by Gasteiger charge is -2.06. The van der Waals surface area contributed by atoms with E-state index < -0.39 is 11.8 Å². The van der Waals surface area contributed by atoms with Crippen LogP contribution in [0.2, 0.25) is 0 Å². The third-order valence-electron chi connectivity index (χ3n) is 4.13. The van der Waals surface area contributed by atoms with Gasteiger partial charge in [-0.2, -0.15) is 5.10 Å². The third kappa shape index (κ3) is 3.61. The van der Waals surface area contributed by atoms with Crippen LogP contribution in [0.1, 0.15) is 10.5 Å². The van der Waals surface area contributed by atoms with Gasteiger partial charge in [-0.05, 0) is 66.7 Å². The Kier molecular flexibility index (Phi) is 4.60. The lowest BCUT2D eigenvalue weighted by molar-refractivity contribution is 0.0687. The minimum absolute atomic E-state index is 0.00813. The summed E-state index contributed by atoms with van der Waals surface area (Å²) in [6, 6.07) is 23.6. The lowest BCUT2D eigenvalue weighted by atomic mass is 10.1. The van der Waals surface area contributed by atoms with Gasteiger partial charge in [0.25, 0.3) is 0 Å². The molecule has 0 spiro atoms. The summed E-state index contributed by atoms with van der Waals surface area (Å²) in [5.41, 5.74) is 1.69. The van der Waals surface area contributed by atoms with Crippen molar-refractivity contribution in [2.75, 3.05) is 0 Å². The number of hydrogen-bond donors (Lipinski definition) is 1. The van der Waals surface area contributed by atoms with Crippen molar-refractivity contribution in [1.29, 1.82) is 0 Å². The zero-order chi connectivity index (χ0) is 19.5. The predicted octanol–water partition coefficient (Wildman–Crippen LogP) is 5.17. The van der Waals surface area contributed by atoms with Crippen molar-refractivity contribution < 1.29 is 19.0 Å². The van der Waals surface area contributed by atoms with Gasteiger partial charge < -0.3 is 9.84 Å². The first-order valence-corrected chi connectivity index (χ1v) is 8.53. The average molecular weight is 374 g/mol. The number of carbonyl (C=O) groups is 1. The highest BCUT2D eigenvalue weighted by atomic mass is 19.1. The molecule has 0 aliphatic rings. The van der Waals surface area contributed by atoms with E-state index in [1.165, 1.54) is 35.0 Å². The van der Waals surface area contributed by atoms with Crippen LogP contribution in [0.3, 0.4) is 0 Å². The second-order valence-electron chi connectivity index (χ2n) is 6.05. The number of aromatic carboxylic acids is 1. The SMILES string of the molecule is O=C(O)c1cc(-c2ccc(Oc3ccccc3)cc2)nn1-c1ccc(F)cc1. The fourth-order valence-electron chi connectivity index (χ4n) is 2.77. The number of rotatable bonds is 5. The molecule has 0 aliphatic heterocycles. The Hall–Kier alpha value is -3.93. The van der Waals surface area contributed by atoms with Crippen LogP contribution >= 0.6 is 0 Å². The van der Waals surface area contributed by atoms with E-state index in [0.29, 0.717) is 17.1 Å². The summed E-state index contributed by atoms with van der Waals surface area (Å²) in [4.78, 5) is 11.6. The van der Waals surface area contributed by atoms with E-state index in [1.54, 1.807) is 24.3 Å². The molecule has 0 amide bonds. The first-order chi connectivity index (χ1) is 13.6. The van der Waals surface area contributed by atoms with Gasteiger partial charge in [0.05, 0.1) is 11.4 Å². The molecule has 6 heteroatoms. The number of para-hydroxylation sites is 1. The number of halogens is 1. The van der Waals surface area contributed by atoms with Crippen molar-refractivity contribution in [3.05, 3.63) is 96.4 Å². The molecule has 0 saturated carbocycles. The van der Waals surface area contributed by atoms with Crippen LogP contribution in [-0.2, 0) is 0 Å². The largest absolute Gasteiger partial charge is 0.477 e. The quantitative estimate of drug-likeness (QED) is 0.523. The Bertz CT molecular complexity index is 1100. The van der Waals surface area contributed by atoms with Gasteiger partial charge in [0.2, 0.25) is 0 Å². The van der Waals surface area contributed by atoms with Crippen molar-refractivity contribution >= 4 is 5.97 Å². The van der Waals surface area contributed by atoms with Crippen molar-refractivity contribution in [3.63, 3.8) is 0 Å². The standard InChI is InChI=1S/C22H15FN2O3/c23-16-8-10-17(11-9-16)25-21(22(26)27)14-20(24-25)15-6-12-19(13-7-15)28-18-4-2-1-3-5-18/h1-14H,(H,26,27). The average Bonchev–Trinajstić information content (AvgIpc) is 3.16. The zero-order valence-corrected chi connectivity index (χ0v) is 14.6. The van der Waals surface area contributed by atoms with Gasteiger partial charge in [-0.1, -0.05) is 18.2 Å². The monoisotopic (exact) mass is 374 g/mol. The van der Waals surface area contributed by atoms with Crippen LogP contribution in [0.15, 0.2) is 84.9 Å². The van der Waals surface area contributed by atoms with Gasteiger partial charge in [-0.15, -0.1) is 0 Å². The second kappa shape index (κ2) is 7.36. The fraction of sp³-hybridized carbons (Fsp3) is 0. The summed E-state index contributed by atoms with van der Waals surface area (Å²) in [7, 11) is 0. The van der Waals surface area contributed by atoms with Crippen LogP contribution < -0.4 is 4.74 Å². The number of carboxylic acids is 1. The van der Waals surface area contributed by atoms with Gasteiger partial charge in [0.15, 0.2) is 5.69 Å². The lowest BCUT2D eigenvalue weighted by Crippen LogP contribution is -2.07. The molecule has 0 aliphatic carbocycles. The first kappa shape index (κ1) is 17.5. The Morgan fingerprint density at radius 1 is 0.893 bits per heavy atom. The molecule has 0 radical (unpaired) electrons. The topological polar surface area (TPSA) is 64.3 Å². The molecule has 0 fully saturated rings. The van der Waals surface area contributed by atoms with E-state index in [-0.39, 0.29) is 5.69 Å². The highest BCUT2D eigenvalue weighted by molar-refractivity contribution is 5.88. The van der Waals surface area contributed by atoms with Gasteiger partial charge in [-0.3, -0.25) is 0 Å². The van der Waals surface area contributed by atoms with Crippen molar-refractivity contribution in [2.24, 2.45) is 0 Å². The van der Waals surface area contributed by atoms with Crippen molar-refractivity contribution in [2.45, 2.75) is 0 Å². The molecule has 1 heterocycles. The summed E-state index contributed by atoms with van der Waals surface area (Å²) >= 11 is 0. The summed E-state index contributed by atoms with van der Waals surface area (Å²) in [5, 5.41) is 13.9. The van der Waals surface area contributed by atoms with Gasteiger partial charge in [0.1, 0.15) is 17.3 Å². The number of benzene rings is 3. The molecule has 4 rings (SSSR count). The van der Waals surface area contributed by atoms with E-state index in [4.69, 9.17) is 4.74 Å². The third-order valence-corrected chi connectivity index (χ3v) is 4.13. The predicted molar refractivity (Wildman–Crippen MR) is 102 cm³/mol. The maximum absolute atomic E-state index is 13.2. The Morgan fingerprint density at radius 2 is 1.54 bits per heavy atom. The molecular formula is C22H15FN2O3. The molecule has 0 atom stereocenters. The molecule has 0 bridgehead atoms. The highest BCUT2D eigenvalue weighted by Crippen LogP contribution is 2.26. The molecule has 3 aromatic carbocycles. The molecule has 4 aromatic rings. The van der Waals surface area contributed by atoms with Crippen LogP contribution in [0, 0.1) is 5.82 Å². The molecule has 28 heavy (non-hydrogen) atoms. The summed E-state index contributed by atoms with van der Waals surface area (Å²) in [6.45, 7) is 0. The second-order valence-corrected chi connectivity index (χ2v) is 6.05. The maximum Gasteiger partial charge on any atom is 0.354 e. The van der Waals surface area contributed by atoms with Crippen LogP contribution in [0.5, 0.6) is 11.5 Å². The number of aromatic nitrogens is 2. The van der Waals surface area contributed by atoms with Crippen molar-refractivity contribution in [3.8, 4) is 28.4 Å². The van der Waals surface area contributed by atoms with Crippen LogP contribution in [-0.4, -0.2) is 20.9 Å². The van der Waals surface area contributed by atoms with Crippen LogP contribution in [0.25, 0.3) is 16.9 Å². The summed E-state index contributed by atoms with van der Waals surface area (Å²) in [5.74, 6) is -0.135. The molecule has 1 aromatic heterocycles. The molecule has 0 unspecified atom stereocenters. The normalized spacial score (nSPS) is 10.6. The van der Waals surface area contributed by atoms with E-state index in [1.807, 2.05) is 30.3 Å². The number of hydrogen-bond acceptors (Lipinski definition) is 3. The number of ether oxygens (including phenoxy) is 1. The highest BCUT2D eigenvalue weighted by Gasteiger charge is 2.17. The Labute approximate surface area is 160 Å². The molecular weight excluding hydrogens is 359 g/mol. The number of carboxylic acid groups (broad SMARTS) is 1. The first-order valence-electron chi connectivity index (χ1n) is 8.53. The van der Waals surface area contributed by atoms with Gasteiger partial charge in [0, 0.05) is 5.56 Å². The van der Waals surface area contributed by atoms with Gasteiger partial charge in [-0.25, -0.2) is 13.9 Å².